The van der Waals surface area contributed by atoms with Crippen molar-refractivity contribution < 1.29 is 4.79 Å². The Morgan fingerprint density at radius 2 is 2.03 bits per heavy atom. The minimum Gasteiger partial charge on any atom is -0.361 e. The lowest BCUT2D eigenvalue weighted by molar-refractivity contribution is -0.136. The molecular weight excluding hydrogens is 398 g/mol. The molecule has 3 rings (SSSR count). The number of likely N-dealkylation sites (tertiary alicyclic amines) is 1. The molecule has 0 unspecified atom stereocenters. The minimum atomic E-state index is 0.170. The minimum absolute atomic E-state index is 0.170. The van der Waals surface area contributed by atoms with E-state index in [2.05, 4.69) is 34.5 Å². The quantitative estimate of drug-likeness (QED) is 0.459. The number of aromatic nitrogens is 1. The molecule has 0 radical (unpaired) electrons. The normalized spacial score (nSPS) is 15.8. The van der Waals surface area contributed by atoms with Crippen LogP contribution in [-0.4, -0.2) is 54.5 Å². The molecule has 164 valence electrons. The number of carbonyl (C=O) groups is 1. The van der Waals surface area contributed by atoms with Gasteiger partial charge in [-0.3, -0.25) is 9.79 Å². The molecule has 1 aliphatic heterocycles. The van der Waals surface area contributed by atoms with Crippen molar-refractivity contribution in [2.75, 3.05) is 26.7 Å². The molecule has 0 atom stereocenters. The van der Waals surface area contributed by atoms with E-state index < -0.39 is 0 Å². The monoisotopic (exact) mass is 431 g/mol. The molecule has 7 heteroatoms. The largest absolute Gasteiger partial charge is 0.361 e. The van der Waals surface area contributed by atoms with Crippen molar-refractivity contribution in [3.8, 4) is 0 Å². The number of rotatable bonds is 7. The number of hydrogen-bond donors (Lipinski definition) is 3. The van der Waals surface area contributed by atoms with Crippen molar-refractivity contribution in [1.82, 2.24) is 20.5 Å². The van der Waals surface area contributed by atoms with Gasteiger partial charge in [-0.1, -0.05) is 25.4 Å². The number of halogens is 1. The van der Waals surface area contributed by atoms with E-state index in [4.69, 9.17) is 11.6 Å². The summed E-state index contributed by atoms with van der Waals surface area (Å²) in [5.41, 5.74) is 2.34. The van der Waals surface area contributed by atoms with Crippen LogP contribution in [0.3, 0.4) is 0 Å². The maximum Gasteiger partial charge on any atom is 0.225 e. The summed E-state index contributed by atoms with van der Waals surface area (Å²) in [5.74, 6) is 1.31. The Labute approximate surface area is 184 Å². The third-order valence-electron chi connectivity index (χ3n) is 6.12. The average molecular weight is 432 g/mol. The van der Waals surface area contributed by atoms with E-state index in [-0.39, 0.29) is 5.92 Å². The predicted octanol–water partition coefficient (Wildman–Crippen LogP) is 3.96. The molecule has 1 aromatic heterocycles. The Balaban J connectivity index is 1.45. The van der Waals surface area contributed by atoms with Gasteiger partial charge in [0.05, 0.1) is 0 Å². The second-order valence-corrected chi connectivity index (χ2v) is 8.45. The Morgan fingerprint density at radius 3 is 2.70 bits per heavy atom. The van der Waals surface area contributed by atoms with Crippen LogP contribution >= 0.6 is 11.6 Å². The summed E-state index contributed by atoms with van der Waals surface area (Å²) in [6.07, 6.45) is 6.68. The second kappa shape index (κ2) is 10.7. The molecule has 1 fully saturated rings. The molecule has 1 saturated heterocycles. The molecule has 2 aromatic rings. The number of H-pyrrole nitrogens is 1. The van der Waals surface area contributed by atoms with Crippen LogP contribution in [0.25, 0.3) is 10.9 Å². The number of aromatic amines is 1. The van der Waals surface area contributed by atoms with Crippen molar-refractivity contribution in [3.63, 3.8) is 0 Å². The summed E-state index contributed by atoms with van der Waals surface area (Å²) in [4.78, 5) is 22.3. The van der Waals surface area contributed by atoms with Crippen molar-refractivity contribution in [3.05, 3.63) is 35.0 Å². The van der Waals surface area contributed by atoms with E-state index in [9.17, 15) is 4.79 Å². The summed E-state index contributed by atoms with van der Waals surface area (Å²) in [7, 11) is 1.80. The summed E-state index contributed by atoms with van der Waals surface area (Å²) < 4.78 is 0. The van der Waals surface area contributed by atoms with E-state index in [0.717, 1.165) is 68.2 Å². The number of fused-ring (bicyclic) bond motifs is 1. The highest BCUT2D eigenvalue weighted by molar-refractivity contribution is 6.31. The zero-order valence-electron chi connectivity index (χ0n) is 18.3. The van der Waals surface area contributed by atoms with E-state index in [1.54, 1.807) is 7.05 Å². The molecule has 3 N–H and O–H groups in total. The van der Waals surface area contributed by atoms with Crippen LogP contribution in [-0.2, 0) is 11.2 Å². The van der Waals surface area contributed by atoms with Gasteiger partial charge in [0.15, 0.2) is 5.96 Å². The highest BCUT2D eigenvalue weighted by atomic mass is 35.5. The Hall–Kier alpha value is -2.21. The first-order valence-electron chi connectivity index (χ1n) is 11.1. The van der Waals surface area contributed by atoms with E-state index in [1.807, 2.05) is 29.3 Å². The van der Waals surface area contributed by atoms with Gasteiger partial charge in [0.2, 0.25) is 5.91 Å². The molecule has 2 heterocycles. The van der Waals surface area contributed by atoms with Gasteiger partial charge in [-0.2, -0.15) is 0 Å². The van der Waals surface area contributed by atoms with Gasteiger partial charge in [-0.15, -0.1) is 0 Å². The summed E-state index contributed by atoms with van der Waals surface area (Å²) in [6, 6.07) is 6.26. The van der Waals surface area contributed by atoms with Crippen LogP contribution in [0.15, 0.2) is 29.4 Å². The number of piperidine rings is 1. The SMILES string of the molecule is CCC(CC)C(=O)N1CCC(NC(=NC)NCCc2c[nH]c3ccc(Cl)cc23)CC1. The fourth-order valence-electron chi connectivity index (χ4n) is 4.20. The topological polar surface area (TPSA) is 72.5 Å². The first-order chi connectivity index (χ1) is 14.5. The van der Waals surface area contributed by atoms with Crippen LogP contribution in [0.5, 0.6) is 0 Å². The molecule has 1 aliphatic rings. The maximum atomic E-state index is 12.6. The van der Waals surface area contributed by atoms with Gasteiger partial charge in [-0.25, -0.2) is 0 Å². The van der Waals surface area contributed by atoms with E-state index in [0.29, 0.717) is 11.9 Å². The third kappa shape index (κ3) is 5.48. The number of amides is 1. The Bertz CT molecular complexity index is 866. The highest BCUT2D eigenvalue weighted by Crippen LogP contribution is 2.22. The summed E-state index contributed by atoms with van der Waals surface area (Å²) >= 11 is 6.14. The van der Waals surface area contributed by atoms with Crippen molar-refractivity contribution in [2.24, 2.45) is 10.9 Å². The Kier molecular flexibility index (Phi) is 8.02. The van der Waals surface area contributed by atoms with Crippen LogP contribution < -0.4 is 10.6 Å². The molecule has 0 saturated carbocycles. The van der Waals surface area contributed by atoms with Gasteiger partial charge in [-0.05, 0) is 55.9 Å². The predicted molar refractivity (Wildman–Crippen MR) is 125 cm³/mol. The summed E-state index contributed by atoms with van der Waals surface area (Å²) in [5, 5.41) is 8.86. The molecule has 0 spiro atoms. The second-order valence-electron chi connectivity index (χ2n) is 8.01. The average Bonchev–Trinajstić information content (AvgIpc) is 3.16. The number of nitrogens with zero attached hydrogens (tertiary/aromatic N) is 2. The highest BCUT2D eigenvalue weighted by Gasteiger charge is 2.26. The smallest absolute Gasteiger partial charge is 0.225 e. The van der Waals surface area contributed by atoms with Gasteiger partial charge >= 0.3 is 0 Å². The molecule has 0 bridgehead atoms. The number of nitrogens with one attached hydrogen (secondary N) is 3. The molecule has 1 aromatic carbocycles. The lowest BCUT2D eigenvalue weighted by atomic mass is 9.98. The lowest BCUT2D eigenvalue weighted by Gasteiger charge is -2.34. The van der Waals surface area contributed by atoms with Crippen LogP contribution in [0.4, 0.5) is 0 Å². The summed E-state index contributed by atoms with van der Waals surface area (Å²) in [6.45, 7) is 6.62. The van der Waals surface area contributed by atoms with Crippen LogP contribution in [0.2, 0.25) is 5.02 Å². The fraction of sp³-hybridized carbons (Fsp3) is 0.565. The Morgan fingerprint density at radius 1 is 1.30 bits per heavy atom. The van der Waals surface area contributed by atoms with Gasteiger partial charge in [0.25, 0.3) is 0 Å². The number of benzene rings is 1. The van der Waals surface area contributed by atoms with E-state index in [1.165, 1.54) is 10.9 Å². The first-order valence-corrected chi connectivity index (χ1v) is 11.4. The van der Waals surface area contributed by atoms with Crippen LogP contribution in [0.1, 0.15) is 45.1 Å². The number of aliphatic imine (C=N–C) groups is 1. The molecule has 6 nitrogen and oxygen atoms in total. The number of carbonyl (C=O) groups excluding carboxylic acids is 1. The van der Waals surface area contributed by atoms with Gasteiger partial charge in [0, 0.05) is 60.8 Å². The maximum absolute atomic E-state index is 12.6. The first kappa shape index (κ1) is 22.5. The number of hydrogen-bond acceptors (Lipinski definition) is 2. The van der Waals surface area contributed by atoms with Crippen LogP contribution in [0, 0.1) is 5.92 Å². The number of guanidine groups is 1. The molecule has 30 heavy (non-hydrogen) atoms. The van der Waals surface area contributed by atoms with Gasteiger partial charge < -0.3 is 20.5 Å². The van der Waals surface area contributed by atoms with Crippen molar-refractivity contribution in [1.29, 1.82) is 0 Å². The van der Waals surface area contributed by atoms with Gasteiger partial charge in [0.1, 0.15) is 0 Å². The third-order valence-corrected chi connectivity index (χ3v) is 6.36. The molecule has 0 aliphatic carbocycles. The van der Waals surface area contributed by atoms with E-state index >= 15 is 0 Å². The molecular formula is C23H34ClN5O. The zero-order valence-corrected chi connectivity index (χ0v) is 19.1. The molecule has 1 amide bonds. The van der Waals surface area contributed by atoms with Crippen molar-refractivity contribution >= 4 is 34.4 Å². The standard InChI is InChI=1S/C23H34ClN5O/c1-4-16(5-2)22(30)29-12-9-19(10-13-29)28-23(25-3)26-11-8-17-15-27-21-7-6-18(24)14-20(17)21/h6-7,14-16,19,27H,4-5,8-13H2,1-3H3,(H2,25,26,28). The zero-order chi connectivity index (χ0) is 21.5. The van der Waals surface area contributed by atoms with Crippen molar-refractivity contribution in [2.45, 2.75) is 52.0 Å². The lowest BCUT2D eigenvalue weighted by Crippen LogP contribution is -2.50. The fourth-order valence-corrected chi connectivity index (χ4v) is 4.37.